The smallest absolute Gasteiger partial charge is 0.328 e. The minimum atomic E-state index is -0.998. The summed E-state index contributed by atoms with van der Waals surface area (Å²) in [6.07, 6.45) is 13.4. The molecule has 0 aromatic rings. The van der Waals surface area contributed by atoms with Crippen LogP contribution in [0.25, 0.3) is 0 Å². The summed E-state index contributed by atoms with van der Waals surface area (Å²) in [5.41, 5.74) is 6.05. The molecule has 0 aliphatic rings. The summed E-state index contributed by atoms with van der Waals surface area (Å²) in [6, 6.07) is -5.45. The van der Waals surface area contributed by atoms with E-state index in [1.807, 2.05) is 37.5 Å². The fourth-order valence-electron chi connectivity index (χ4n) is 4.49. The summed E-state index contributed by atoms with van der Waals surface area (Å²) in [5.74, 6) is 0.508. The number of hydrogen-bond donors (Lipinski definition) is 6. The van der Waals surface area contributed by atoms with E-state index in [0.717, 1.165) is 0 Å². The van der Waals surface area contributed by atoms with Crippen molar-refractivity contribution in [1.29, 1.82) is 0 Å². The second-order valence-corrected chi connectivity index (χ2v) is 17.3. The first-order chi connectivity index (χ1) is 24.4. The van der Waals surface area contributed by atoms with Gasteiger partial charge in [-0.2, -0.15) is 70.6 Å². The molecule has 0 radical (unpaired) electrons. The molecule has 0 aromatic heterocycles. The zero-order chi connectivity index (χ0) is 38.6. The first-order valence-electron chi connectivity index (χ1n) is 16.8. The predicted octanol–water partition coefficient (Wildman–Crippen LogP) is 1.82. The van der Waals surface area contributed by atoms with Crippen molar-refractivity contribution < 1.29 is 33.5 Å². The van der Waals surface area contributed by atoms with Gasteiger partial charge in [-0.15, -0.1) is 0 Å². The molecule has 0 saturated carbocycles. The number of carbonyl (C=O) groups is 6. The third kappa shape index (κ3) is 22.0. The molecule has 13 nitrogen and oxygen atoms in total. The quantitative estimate of drug-likeness (QED) is 0.0574. The Balaban J connectivity index is 6.05. The van der Waals surface area contributed by atoms with Crippen LogP contribution in [0.15, 0.2) is 0 Å². The van der Waals surface area contributed by atoms with E-state index in [1.165, 1.54) is 58.8 Å². The Labute approximate surface area is 330 Å². The zero-order valence-electron chi connectivity index (χ0n) is 31.0. The van der Waals surface area contributed by atoms with Crippen LogP contribution in [-0.4, -0.2) is 150 Å². The van der Waals surface area contributed by atoms with E-state index in [-0.39, 0.29) is 19.4 Å². The van der Waals surface area contributed by atoms with Crippen LogP contribution >= 0.6 is 70.6 Å². The van der Waals surface area contributed by atoms with E-state index in [9.17, 15) is 28.8 Å². The molecule has 0 aliphatic carbocycles. The maximum absolute atomic E-state index is 13.8. The Morgan fingerprint density at radius 1 is 0.451 bits per heavy atom. The van der Waals surface area contributed by atoms with E-state index in [4.69, 9.17) is 10.5 Å². The summed E-state index contributed by atoms with van der Waals surface area (Å²) in [5, 5.41) is 14.0. The maximum Gasteiger partial charge on any atom is 0.328 e. The van der Waals surface area contributed by atoms with Gasteiger partial charge >= 0.3 is 5.97 Å². The molecule has 51 heavy (non-hydrogen) atoms. The molecule has 0 unspecified atom stereocenters. The highest BCUT2D eigenvalue weighted by Gasteiger charge is 2.32. The van der Waals surface area contributed by atoms with Gasteiger partial charge in [-0.05, 0) is 118 Å². The maximum atomic E-state index is 13.8. The lowest BCUT2D eigenvalue weighted by molar-refractivity contribution is -0.147. The van der Waals surface area contributed by atoms with Gasteiger partial charge in [0.15, 0.2) is 0 Å². The summed E-state index contributed by atoms with van der Waals surface area (Å²) in [6.45, 7) is 1.87. The van der Waals surface area contributed by atoms with Crippen molar-refractivity contribution in [3.05, 3.63) is 0 Å². The largest absolute Gasteiger partial charge is 0.464 e. The number of nitrogens with one attached hydrogen (secondary N) is 5. The Kier molecular flexibility index (Phi) is 30.6. The Morgan fingerprint density at radius 2 is 0.706 bits per heavy atom. The van der Waals surface area contributed by atoms with Crippen LogP contribution in [0, 0.1) is 0 Å². The standard InChI is InChI=1S/C32H60N6O7S6/c1-8-45-32(44)26(14-20-51-7)38-31(43)25(13-19-50-6)37-30(42)24(12-18-49-5)36-29(41)23(11-17-48-4)35-28(40)22(10-16-47-3)34-27(39)21(33)9-15-46-2/h21-26H,8-20,33H2,1-7H3,(H,34,39)(H,35,40)(H,36,41)(H,37,42)(H,38,43)/t21-,22-,23-,24-,25-,26-/m0/s1. The summed E-state index contributed by atoms with van der Waals surface area (Å²) < 4.78 is 5.16. The number of carbonyl (C=O) groups excluding carboxylic acids is 6. The lowest BCUT2D eigenvalue weighted by Gasteiger charge is -2.27. The van der Waals surface area contributed by atoms with Gasteiger partial charge in [0.1, 0.15) is 30.2 Å². The third-order valence-electron chi connectivity index (χ3n) is 7.44. The zero-order valence-corrected chi connectivity index (χ0v) is 35.9. The number of esters is 1. The van der Waals surface area contributed by atoms with E-state index in [1.54, 1.807) is 18.7 Å². The molecule has 0 spiro atoms. The first kappa shape index (κ1) is 49.9. The molecule has 0 heterocycles. The number of amides is 5. The van der Waals surface area contributed by atoms with Gasteiger partial charge in [-0.25, -0.2) is 4.79 Å². The third-order valence-corrected chi connectivity index (χ3v) is 11.3. The highest BCUT2D eigenvalue weighted by molar-refractivity contribution is 7.99. The van der Waals surface area contributed by atoms with Crippen LogP contribution in [0.5, 0.6) is 0 Å². The monoisotopic (exact) mass is 832 g/mol. The average Bonchev–Trinajstić information content (AvgIpc) is 3.11. The molecule has 0 aliphatic heterocycles. The predicted molar refractivity (Wildman–Crippen MR) is 222 cm³/mol. The number of ether oxygens (including phenoxy) is 1. The van der Waals surface area contributed by atoms with Crippen molar-refractivity contribution in [1.82, 2.24) is 26.6 Å². The molecule has 5 amide bonds. The lowest BCUT2D eigenvalue weighted by Crippen LogP contribution is -2.59. The molecular formula is C32H60N6O7S6. The molecule has 0 rings (SSSR count). The molecule has 0 aromatic carbocycles. The minimum absolute atomic E-state index is 0.173. The molecule has 19 heteroatoms. The number of hydrogen-bond acceptors (Lipinski definition) is 14. The highest BCUT2D eigenvalue weighted by atomic mass is 32.2. The van der Waals surface area contributed by atoms with Crippen LogP contribution in [0.3, 0.4) is 0 Å². The van der Waals surface area contributed by atoms with Crippen LogP contribution in [-0.2, 0) is 33.5 Å². The van der Waals surface area contributed by atoms with Crippen molar-refractivity contribution in [2.24, 2.45) is 5.73 Å². The molecule has 0 saturated heterocycles. The van der Waals surface area contributed by atoms with Crippen LogP contribution in [0.4, 0.5) is 0 Å². The van der Waals surface area contributed by atoms with Crippen molar-refractivity contribution in [2.45, 2.75) is 81.7 Å². The van der Waals surface area contributed by atoms with Gasteiger partial charge < -0.3 is 37.1 Å². The van der Waals surface area contributed by atoms with Gasteiger partial charge in [0.05, 0.1) is 12.6 Å². The normalized spacial score (nSPS) is 14.6. The highest BCUT2D eigenvalue weighted by Crippen LogP contribution is 2.10. The van der Waals surface area contributed by atoms with E-state index >= 15 is 0 Å². The van der Waals surface area contributed by atoms with Gasteiger partial charge in [0, 0.05) is 0 Å². The van der Waals surface area contributed by atoms with Crippen molar-refractivity contribution in [3.8, 4) is 0 Å². The van der Waals surface area contributed by atoms with Gasteiger partial charge in [-0.3, -0.25) is 24.0 Å². The molecule has 0 fully saturated rings. The summed E-state index contributed by atoms with van der Waals surface area (Å²) in [4.78, 5) is 79.8. The molecule has 6 atom stereocenters. The SMILES string of the molecule is CCOC(=O)[C@H](CCSC)NC(=O)[C@H](CCSC)NC(=O)[C@H](CCSC)NC(=O)[C@H](CCSC)NC(=O)[C@H](CCSC)NC(=O)[C@@H](N)CCSC. The van der Waals surface area contributed by atoms with Crippen LogP contribution in [0.2, 0.25) is 0 Å². The second-order valence-electron chi connectivity index (χ2n) is 11.4. The van der Waals surface area contributed by atoms with Gasteiger partial charge in [-0.1, -0.05) is 0 Å². The van der Waals surface area contributed by atoms with Gasteiger partial charge in [0.25, 0.3) is 0 Å². The minimum Gasteiger partial charge on any atom is -0.464 e. The summed E-state index contributed by atoms with van der Waals surface area (Å²) in [7, 11) is 0. The van der Waals surface area contributed by atoms with E-state index < -0.39 is 71.8 Å². The van der Waals surface area contributed by atoms with Crippen molar-refractivity contribution in [2.75, 3.05) is 78.7 Å². The fourth-order valence-corrected chi connectivity index (χ4v) is 7.34. The number of nitrogens with two attached hydrogens (primary N) is 1. The van der Waals surface area contributed by atoms with E-state index in [0.29, 0.717) is 60.2 Å². The average molecular weight is 833 g/mol. The van der Waals surface area contributed by atoms with Gasteiger partial charge in [0.2, 0.25) is 29.5 Å². The first-order valence-corrected chi connectivity index (χ1v) is 25.2. The number of rotatable bonds is 30. The Bertz CT molecular complexity index is 1050. The Hall–Kier alpha value is -1.12. The van der Waals surface area contributed by atoms with Crippen molar-refractivity contribution in [3.63, 3.8) is 0 Å². The topological polar surface area (TPSA) is 198 Å². The van der Waals surface area contributed by atoms with E-state index in [2.05, 4.69) is 26.6 Å². The van der Waals surface area contributed by atoms with Crippen molar-refractivity contribution >= 4 is 106 Å². The van der Waals surface area contributed by atoms with Crippen LogP contribution in [0.1, 0.15) is 45.4 Å². The summed E-state index contributed by atoms with van der Waals surface area (Å²) >= 11 is 9.16. The second kappa shape index (κ2) is 31.3. The molecule has 296 valence electrons. The molecular weight excluding hydrogens is 773 g/mol. The van der Waals surface area contributed by atoms with Crippen LogP contribution < -0.4 is 32.3 Å². The molecule has 0 bridgehead atoms. The number of thioether (sulfide) groups is 6. The Morgan fingerprint density at radius 3 is 1.00 bits per heavy atom. The lowest BCUT2D eigenvalue weighted by atomic mass is 10.1. The fraction of sp³-hybridized carbons (Fsp3) is 0.812. The molecule has 7 N–H and O–H groups in total.